The number of carbonyl (C=O) groups excluding carboxylic acids is 2. The first-order chi connectivity index (χ1) is 13.9. The van der Waals surface area contributed by atoms with Crippen LogP contribution >= 0.6 is 0 Å². The van der Waals surface area contributed by atoms with Crippen LogP contribution in [-0.2, 0) is 20.5 Å². The van der Waals surface area contributed by atoms with Crippen molar-refractivity contribution in [2.24, 2.45) is 11.8 Å². The molecule has 0 aromatic heterocycles. The van der Waals surface area contributed by atoms with Gasteiger partial charge in [-0.1, -0.05) is 12.1 Å². The zero-order valence-electron chi connectivity index (χ0n) is 16.0. The Bertz CT molecular complexity index is 831. The van der Waals surface area contributed by atoms with Crippen molar-refractivity contribution in [2.45, 2.75) is 31.9 Å². The highest BCUT2D eigenvalue weighted by Crippen LogP contribution is 2.41. The molecule has 2 heterocycles. The molecule has 2 saturated heterocycles. The fourth-order valence-electron chi connectivity index (χ4n) is 4.54. The molecule has 1 aromatic rings. The van der Waals surface area contributed by atoms with Crippen molar-refractivity contribution in [1.82, 2.24) is 4.90 Å². The number of allylic oxidation sites excluding steroid dienone is 2. The van der Waals surface area contributed by atoms with E-state index < -0.39 is 29.5 Å². The number of anilines is 1. The van der Waals surface area contributed by atoms with E-state index in [1.807, 2.05) is 0 Å². The lowest BCUT2D eigenvalue weighted by Crippen LogP contribution is -2.41. The quantitative estimate of drug-likeness (QED) is 0.718. The maximum atomic E-state index is 13.2. The summed E-state index contributed by atoms with van der Waals surface area (Å²) in [5.41, 5.74) is 0.201. The SMILES string of the molecule is O=C1C[C@H]([C@@H]2CCCC=C2N2CCOCC2)C(=O)N1c1cccc(C(F)(F)F)c1. The summed E-state index contributed by atoms with van der Waals surface area (Å²) in [6.45, 7) is 2.74. The normalized spacial score (nSPS) is 26.1. The fourth-order valence-corrected chi connectivity index (χ4v) is 4.54. The van der Waals surface area contributed by atoms with Crippen LogP contribution in [0.4, 0.5) is 18.9 Å². The molecule has 0 saturated carbocycles. The second-order valence-corrected chi connectivity index (χ2v) is 7.69. The number of amides is 2. The first kappa shape index (κ1) is 19.9. The number of morpholine rings is 1. The standard InChI is InChI=1S/C21H23F3N2O3/c22-21(23,24)14-4-3-5-15(12-14)26-19(27)13-17(20(26)28)16-6-1-2-7-18(16)25-8-10-29-11-9-25/h3-5,7,12,16-17H,1-2,6,8-11,13H2/t16-,17+/m0/s1. The van der Waals surface area contributed by atoms with Gasteiger partial charge in [0.2, 0.25) is 11.8 Å². The third kappa shape index (κ3) is 3.90. The maximum absolute atomic E-state index is 13.2. The van der Waals surface area contributed by atoms with E-state index in [-0.39, 0.29) is 18.0 Å². The van der Waals surface area contributed by atoms with Crippen LogP contribution in [0.5, 0.6) is 0 Å². The van der Waals surface area contributed by atoms with Crippen molar-refractivity contribution in [1.29, 1.82) is 0 Å². The molecule has 156 valence electrons. The van der Waals surface area contributed by atoms with Crippen LogP contribution in [0.15, 0.2) is 36.0 Å². The molecule has 0 bridgehead atoms. The molecule has 2 aliphatic heterocycles. The van der Waals surface area contributed by atoms with Crippen molar-refractivity contribution in [2.75, 3.05) is 31.2 Å². The Hall–Kier alpha value is -2.35. The first-order valence-electron chi connectivity index (χ1n) is 9.93. The number of imide groups is 1. The van der Waals surface area contributed by atoms with E-state index in [0.717, 1.165) is 55.1 Å². The van der Waals surface area contributed by atoms with Crippen LogP contribution < -0.4 is 4.90 Å². The minimum atomic E-state index is -4.53. The highest BCUT2D eigenvalue weighted by Gasteiger charge is 2.46. The summed E-state index contributed by atoms with van der Waals surface area (Å²) >= 11 is 0. The van der Waals surface area contributed by atoms with Crippen LogP contribution in [0.2, 0.25) is 0 Å². The lowest BCUT2D eigenvalue weighted by Gasteiger charge is -2.38. The largest absolute Gasteiger partial charge is 0.416 e. The van der Waals surface area contributed by atoms with E-state index in [9.17, 15) is 22.8 Å². The highest BCUT2D eigenvalue weighted by atomic mass is 19.4. The minimum absolute atomic E-state index is 0.00923. The van der Waals surface area contributed by atoms with Crippen LogP contribution in [0.25, 0.3) is 0 Å². The number of alkyl halides is 3. The predicted octanol–water partition coefficient (Wildman–Crippen LogP) is 3.60. The zero-order valence-corrected chi connectivity index (χ0v) is 16.0. The van der Waals surface area contributed by atoms with Gasteiger partial charge < -0.3 is 9.64 Å². The van der Waals surface area contributed by atoms with Crippen molar-refractivity contribution < 1.29 is 27.5 Å². The molecule has 2 fully saturated rings. The molecule has 4 rings (SSSR count). The lowest BCUT2D eigenvalue weighted by molar-refractivity contribution is -0.137. The van der Waals surface area contributed by atoms with E-state index in [2.05, 4.69) is 11.0 Å². The van der Waals surface area contributed by atoms with Crippen molar-refractivity contribution in [3.8, 4) is 0 Å². The van der Waals surface area contributed by atoms with Gasteiger partial charge in [-0.3, -0.25) is 14.5 Å². The van der Waals surface area contributed by atoms with Gasteiger partial charge in [-0.05, 0) is 37.5 Å². The van der Waals surface area contributed by atoms with Gasteiger partial charge in [0.15, 0.2) is 0 Å². The molecule has 29 heavy (non-hydrogen) atoms. The minimum Gasteiger partial charge on any atom is -0.378 e. The molecule has 0 N–H and O–H groups in total. The average molecular weight is 408 g/mol. The Morgan fingerprint density at radius 1 is 1.07 bits per heavy atom. The molecule has 5 nitrogen and oxygen atoms in total. The molecule has 8 heteroatoms. The summed E-state index contributed by atoms with van der Waals surface area (Å²) in [6, 6.07) is 4.42. The third-order valence-corrected chi connectivity index (χ3v) is 5.93. The topological polar surface area (TPSA) is 49.9 Å². The van der Waals surface area contributed by atoms with E-state index >= 15 is 0 Å². The number of carbonyl (C=O) groups is 2. The zero-order chi connectivity index (χ0) is 20.6. The molecule has 1 aliphatic carbocycles. The number of nitrogens with zero attached hydrogens (tertiary/aromatic N) is 2. The number of rotatable bonds is 3. The maximum Gasteiger partial charge on any atom is 0.416 e. The number of ether oxygens (including phenoxy) is 1. The Kier molecular flexibility index (Phi) is 5.38. The number of benzene rings is 1. The molecule has 2 atom stereocenters. The predicted molar refractivity (Wildman–Crippen MR) is 99.9 cm³/mol. The number of hydrogen-bond donors (Lipinski definition) is 0. The van der Waals surface area contributed by atoms with E-state index in [1.165, 1.54) is 12.1 Å². The van der Waals surface area contributed by atoms with Crippen molar-refractivity contribution in [3.05, 3.63) is 41.6 Å². The number of halogens is 3. The van der Waals surface area contributed by atoms with Crippen LogP contribution in [0.3, 0.4) is 0 Å². The smallest absolute Gasteiger partial charge is 0.378 e. The molecule has 3 aliphatic rings. The van der Waals surface area contributed by atoms with Crippen molar-refractivity contribution in [3.63, 3.8) is 0 Å². The fraction of sp³-hybridized carbons (Fsp3) is 0.524. The monoisotopic (exact) mass is 408 g/mol. The Morgan fingerprint density at radius 2 is 1.83 bits per heavy atom. The summed E-state index contributed by atoms with van der Waals surface area (Å²) in [6.07, 6.45) is 0.293. The van der Waals surface area contributed by atoms with Gasteiger partial charge in [-0.2, -0.15) is 13.2 Å². The average Bonchev–Trinajstić information content (AvgIpc) is 3.02. The van der Waals surface area contributed by atoms with Crippen LogP contribution in [0, 0.1) is 11.8 Å². The summed E-state index contributed by atoms with van der Waals surface area (Å²) in [5.74, 6) is -1.47. The van der Waals surface area contributed by atoms with Gasteiger partial charge in [0.25, 0.3) is 0 Å². The van der Waals surface area contributed by atoms with E-state index in [0.29, 0.717) is 13.2 Å². The van der Waals surface area contributed by atoms with E-state index in [1.54, 1.807) is 0 Å². The van der Waals surface area contributed by atoms with Gasteiger partial charge in [0, 0.05) is 31.1 Å². The molecule has 1 aromatic carbocycles. The molecule has 0 radical (unpaired) electrons. The Labute approximate surface area is 167 Å². The summed E-state index contributed by atoms with van der Waals surface area (Å²) in [4.78, 5) is 29.0. The van der Waals surface area contributed by atoms with E-state index in [4.69, 9.17) is 4.74 Å². The van der Waals surface area contributed by atoms with Crippen molar-refractivity contribution >= 4 is 17.5 Å². The third-order valence-electron chi connectivity index (χ3n) is 5.93. The number of hydrogen-bond acceptors (Lipinski definition) is 4. The molecular weight excluding hydrogens is 385 g/mol. The Balaban J connectivity index is 1.59. The van der Waals surface area contributed by atoms with Gasteiger partial charge >= 0.3 is 6.18 Å². The Morgan fingerprint density at radius 3 is 2.55 bits per heavy atom. The molecular formula is C21H23F3N2O3. The van der Waals surface area contributed by atoms with Crippen LogP contribution in [-0.4, -0.2) is 43.0 Å². The first-order valence-corrected chi connectivity index (χ1v) is 9.93. The lowest BCUT2D eigenvalue weighted by atomic mass is 9.80. The highest BCUT2D eigenvalue weighted by molar-refractivity contribution is 6.21. The molecule has 0 unspecified atom stereocenters. The summed E-state index contributed by atoms with van der Waals surface area (Å²) in [5, 5.41) is 0. The van der Waals surface area contributed by atoms with Crippen LogP contribution in [0.1, 0.15) is 31.2 Å². The molecule has 2 amide bonds. The summed E-state index contributed by atoms with van der Waals surface area (Å²) < 4.78 is 44.6. The van der Waals surface area contributed by atoms with Gasteiger partial charge in [-0.25, -0.2) is 0 Å². The molecule has 0 spiro atoms. The summed E-state index contributed by atoms with van der Waals surface area (Å²) in [7, 11) is 0. The van der Waals surface area contributed by atoms with Gasteiger partial charge in [0.05, 0.1) is 30.4 Å². The van der Waals surface area contributed by atoms with Gasteiger partial charge in [0.1, 0.15) is 0 Å². The second-order valence-electron chi connectivity index (χ2n) is 7.69. The van der Waals surface area contributed by atoms with Gasteiger partial charge in [-0.15, -0.1) is 0 Å². The second kappa shape index (κ2) is 7.82.